The van der Waals surface area contributed by atoms with Crippen molar-refractivity contribution in [3.8, 4) is 0 Å². The molecule has 0 N–H and O–H groups in total. The summed E-state index contributed by atoms with van der Waals surface area (Å²) in [5.41, 5.74) is 2.60. The molecule has 0 amide bonds. The first kappa shape index (κ1) is 9.30. The highest BCUT2D eigenvalue weighted by molar-refractivity contribution is 5.19. The van der Waals surface area contributed by atoms with E-state index in [0.29, 0.717) is 10.8 Å². The average Bonchev–Trinajstić information content (AvgIpc) is 2.09. The predicted octanol–water partition coefficient (Wildman–Crippen LogP) is 4.31. The third-order valence-electron chi connectivity index (χ3n) is 4.97. The van der Waals surface area contributed by atoms with Crippen LogP contribution in [0.15, 0.2) is 12.2 Å². The van der Waals surface area contributed by atoms with Crippen LogP contribution in [0.1, 0.15) is 58.8 Å². The Bertz CT molecular complexity index is 224. The standard InChI is InChI=1S/C13H22/c1-11-7-6-9-12(2)8-4-5-10-13(11,12)3/h1,4-10H2,2-3H3/t12-,13+/m0/s1. The number of hydrogen-bond donors (Lipinski definition) is 0. The Morgan fingerprint density at radius 2 is 1.62 bits per heavy atom. The molecule has 0 radical (unpaired) electrons. The van der Waals surface area contributed by atoms with Gasteiger partial charge in [-0.25, -0.2) is 0 Å². The number of hydrogen-bond acceptors (Lipinski definition) is 0. The van der Waals surface area contributed by atoms with Crippen LogP contribution in [0, 0.1) is 10.8 Å². The topological polar surface area (TPSA) is 0 Å². The van der Waals surface area contributed by atoms with E-state index in [4.69, 9.17) is 0 Å². The minimum atomic E-state index is 0.476. The first-order chi connectivity index (χ1) is 6.08. The lowest BCUT2D eigenvalue weighted by atomic mass is 9.50. The minimum Gasteiger partial charge on any atom is -0.0993 e. The van der Waals surface area contributed by atoms with Crippen molar-refractivity contribution >= 4 is 0 Å². The number of rotatable bonds is 0. The molecule has 0 heterocycles. The normalized spacial score (nSPS) is 45.8. The summed E-state index contributed by atoms with van der Waals surface area (Å²) in [5.74, 6) is 0. The van der Waals surface area contributed by atoms with Crippen molar-refractivity contribution in [3.63, 3.8) is 0 Å². The van der Waals surface area contributed by atoms with Crippen LogP contribution in [0.2, 0.25) is 0 Å². The summed E-state index contributed by atoms with van der Waals surface area (Å²) < 4.78 is 0. The van der Waals surface area contributed by atoms with Crippen molar-refractivity contribution in [1.82, 2.24) is 0 Å². The largest absolute Gasteiger partial charge is 0.0993 e. The van der Waals surface area contributed by atoms with Gasteiger partial charge in [-0.15, -0.1) is 0 Å². The average molecular weight is 178 g/mol. The fourth-order valence-corrected chi connectivity index (χ4v) is 3.54. The highest BCUT2D eigenvalue weighted by Crippen LogP contribution is 2.60. The lowest BCUT2D eigenvalue weighted by Gasteiger charge is -2.54. The summed E-state index contributed by atoms with van der Waals surface area (Å²) in [5, 5.41) is 0. The molecule has 0 spiro atoms. The van der Waals surface area contributed by atoms with Gasteiger partial charge in [0, 0.05) is 0 Å². The minimum absolute atomic E-state index is 0.476. The van der Waals surface area contributed by atoms with Gasteiger partial charge in [0.25, 0.3) is 0 Å². The van der Waals surface area contributed by atoms with Gasteiger partial charge in [0.2, 0.25) is 0 Å². The highest BCUT2D eigenvalue weighted by atomic mass is 14.5. The maximum atomic E-state index is 4.32. The molecule has 74 valence electrons. The zero-order valence-electron chi connectivity index (χ0n) is 9.16. The second-order valence-electron chi connectivity index (χ2n) is 5.56. The number of fused-ring (bicyclic) bond motifs is 1. The Morgan fingerprint density at radius 1 is 1.00 bits per heavy atom. The fraction of sp³-hybridized carbons (Fsp3) is 0.846. The predicted molar refractivity (Wildman–Crippen MR) is 57.7 cm³/mol. The summed E-state index contributed by atoms with van der Waals surface area (Å²) in [6, 6.07) is 0. The van der Waals surface area contributed by atoms with Crippen molar-refractivity contribution in [2.75, 3.05) is 0 Å². The van der Waals surface area contributed by atoms with Crippen LogP contribution in [0.5, 0.6) is 0 Å². The van der Waals surface area contributed by atoms with Crippen LogP contribution in [0.25, 0.3) is 0 Å². The van der Waals surface area contributed by atoms with Crippen molar-refractivity contribution in [3.05, 3.63) is 12.2 Å². The van der Waals surface area contributed by atoms with Crippen LogP contribution in [-0.4, -0.2) is 0 Å². The second-order valence-corrected chi connectivity index (χ2v) is 5.56. The first-order valence-corrected chi connectivity index (χ1v) is 5.77. The molecule has 2 aliphatic carbocycles. The van der Waals surface area contributed by atoms with Crippen molar-refractivity contribution < 1.29 is 0 Å². The molecule has 0 bridgehead atoms. The van der Waals surface area contributed by atoms with Crippen LogP contribution in [0.4, 0.5) is 0 Å². The van der Waals surface area contributed by atoms with E-state index in [1.165, 1.54) is 44.9 Å². The Hall–Kier alpha value is -0.260. The molecule has 2 rings (SSSR count). The molecule has 0 heteroatoms. The van der Waals surface area contributed by atoms with E-state index in [-0.39, 0.29) is 0 Å². The summed E-state index contributed by atoms with van der Waals surface area (Å²) in [7, 11) is 0. The molecule has 0 aromatic heterocycles. The van der Waals surface area contributed by atoms with Crippen LogP contribution >= 0.6 is 0 Å². The highest BCUT2D eigenvalue weighted by Gasteiger charge is 2.48. The van der Waals surface area contributed by atoms with Gasteiger partial charge >= 0.3 is 0 Å². The maximum absolute atomic E-state index is 4.32. The Balaban J connectivity index is 2.32. The maximum Gasteiger partial charge on any atom is -0.00653 e. The van der Waals surface area contributed by atoms with E-state index in [1.807, 2.05) is 0 Å². The third kappa shape index (κ3) is 1.18. The molecule has 0 aromatic rings. The van der Waals surface area contributed by atoms with Gasteiger partial charge in [-0.2, -0.15) is 0 Å². The molecule has 0 aromatic carbocycles. The second kappa shape index (κ2) is 2.87. The molecule has 2 saturated carbocycles. The van der Waals surface area contributed by atoms with Gasteiger partial charge in [0.15, 0.2) is 0 Å². The molecule has 2 atom stereocenters. The fourth-order valence-electron chi connectivity index (χ4n) is 3.54. The van der Waals surface area contributed by atoms with E-state index >= 15 is 0 Å². The summed E-state index contributed by atoms with van der Waals surface area (Å²) in [6.45, 7) is 9.28. The van der Waals surface area contributed by atoms with Crippen molar-refractivity contribution in [2.24, 2.45) is 10.8 Å². The molecule has 2 aliphatic rings. The Kier molecular flexibility index (Phi) is 2.05. The van der Waals surface area contributed by atoms with Gasteiger partial charge in [-0.3, -0.25) is 0 Å². The van der Waals surface area contributed by atoms with E-state index in [2.05, 4.69) is 20.4 Å². The van der Waals surface area contributed by atoms with Gasteiger partial charge < -0.3 is 0 Å². The van der Waals surface area contributed by atoms with Crippen molar-refractivity contribution in [1.29, 1.82) is 0 Å². The Morgan fingerprint density at radius 3 is 2.31 bits per heavy atom. The molecule has 0 nitrogen and oxygen atoms in total. The molecule has 0 saturated heterocycles. The van der Waals surface area contributed by atoms with Crippen LogP contribution in [-0.2, 0) is 0 Å². The Labute approximate surface area is 82.4 Å². The monoisotopic (exact) mass is 178 g/mol. The van der Waals surface area contributed by atoms with Gasteiger partial charge in [-0.1, -0.05) is 38.8 Å². The zero-order valence-corrected chi connectivity index (χ0v) is 9.16. The molecule has 13 heavy (non-hydrogen) atoms. The van der Waals surface area contributed by atoms with Gasteiger partial charge in [0.1, 0.15) is 0 Å². The summed E-state index contributed by atoms with van der Waals surface area (Å²) in [6.07, 6.45) is 9.79. The molecule has 0 unspecified atom stereocenters. The van der Waals surface area contributed by atoms with Gasteiger partial charge in [-0.05, 0) is 42.9 Å². The van der Waals surface area contributed by atoms with Crippen LogP contribution < -0.4 is 0 Å². The number of allylic oxidation sites excluding steroid dienone is 1. The lowest BCUT2D eigenvalue weighted by molar-refractivity contribution is 0.0184. The quantitative estimate of drug-likeness (QED) is 0.485. The molecule has 2 fully saturated rings. The van der Waals surface area contributed by atoms with E-state index in [9.17, 15) is 0 Å². The van der Waals surface area contributed by atoms with E-state index < -0.39 is 0 Å². The van der Waals surface area contributed by atoms with Crippen molar-refractivity contribution in [2.45, 2.75) is 58.8 Å². The smallest absolute Gasteiger partial charge is 0.00653 e. The zero-order chi connectivity index (χ0) is 9.53. The SMILES string of the molecule is C=C1CCC[C@]2(C)CCCC[C@]12C. The summed E-state index contributed by atoms with van der Waals surface area (Å²) in [4.78, 5) is 0. The molecular formula is C13H22. The molecular weight excluding hydrogens is 156 g/mol. The lowest BCUT2D eigenvalue weighted by Crippen LogP contribution is -2.44. The molecule has 0 aliphatic heterocycles. The third-order valence-corrected chi connectivity index (χ3v) is 4.97. The van der Waals surface area contributed by atoms with Gasteiger partial charge in [0.05, 0.1) is 0 Å². The summed E-state index contributed by atoms with van der Waals surface area (Å²) >= 11 is 0. The van der Waals surface area contributed by atoms with E-state index in [1.54, 1.807) is 5.57 Å². The van der Waals surface area contributed by atoms with Crippen LogP contribution in [0.3, 0.4) is 0 Å². The first-order valence-electron chi connectivity index (χ1n) is 5.77. The van der Waals surface area contributed by atoms with E-state index in [0.717, 1.165) is 0 Å².